The molecule has 0 aromatic heterocycles. The molecule has 1 saturated heterocycles. The highest BCUT2D eigenvalue weighted by molar-refractivity contribution is 5.79. The lowest BCUT2D eigenvalue weighted by atomic mass is 10.0. The average molecular weight is 436 g/mol. The molecule has 176 valence electrons. The molecule has 31 heavy (non-hydrogen) atoms. The van der Waals surface area contributed by atoms with Gasteiger partial charge in [0.05, 0.1) is 33.5 Å². The predicted molar refractivity (Wildman–Crippen MR) is 126 cm³/mol. The van der Waals surface area contributed by atoms with Crippen molar-refractivity contribution in [1.29, 1.82) is 0 Å². The largest absolute Gasteiger partial charge is 0.493 e. The third kappa shape index (κ3) is 7.26. The fourth-order valence-corrected chi connectivity index (χ4v) is 4.04. The quantitative estimate of drug-likeness (QED) is 0.407. The van der Waals surface area contributed by atoms with Gasteiger partial charge in [0, 0.05) is 39.3 Å². The smallest absolute Gasteiger partial charge is 0.191 e. The molecule has 2 atom stereocenters. The number of rotatable bonds is 11. The monoisotopic (exact) mass is 435 g/mol. The van der Waals surface area contributed by atoms with E-state index in [4.69, 9.17) is 14.2 Å². The molecule has 1 aromatic rings. The van der Waals surface area contributed by atoms with Crippen LogP contribution in [0.25, 0.3) is 0 Å². The molecular weight excluding hydrogens is 394 g/mol. The first kappa shape index (κ1) is 25.2. The molecule has 1 aliphatic heterocycles. The van der Waals surface area contributed by atoms with E-state index in [1.165, 1.54) is 5.56 Å². The summed E-state index contributed by atoms with van der Waals surface area (Å²) in [5, 5.41) is 7.01. The molecule has 0 bridgehead atoms. The summed E-state index contributed by atoms with van der Waals surface area (Å²) in [4.78, 5) is 9.31. The summed E-state index contributed by atoms with van der Waals surface area (Å²) in [7, 11) is 5.15. The zero-order valence-corrected chi connectivity index (χ0v) is 20.1. The molecule has 1 aliphatic rings. The summed E-state index contributed by atoms with van der Waals surface area (Å²) < 4.78 is 16.5. The van der Waals surface area contributed by atoms with Crippen molar-refractivity contribution in [3.63, 3.8) is 0 Å². The minimum atomic E-state index is 0.169. The average Bonchev–Trinajstić information content (AvgIpc) is 2.82. The number of nitrogens with one attached hydrogen (secondary N) is 2. The summed E-state index contributed by atoms with van der Waals surface area (Å²) in [5.74, 6) is 2.30. The fraction of sp³-hybridized carbons (Fsp3) is 0.696. The Morgan fingerprint density at radius 1 is 1.10 bits per heavy atom. The Labute approximate surface area is 187 Å². The molecule has 0 saturated carbocycles. The summed E-state index contributed by atoms with van der Waals surface area (Å²) >= 11 is 0. The molecule has 0 aliphatic carbocycles. The van der Waals surface area contributed by atoms with E-state index >= 15 is 0 Å². The summed E-state index contributed by atoms with van der Waals surface area (Å²) in [6.07, 6.45) is 0. The van der Waals surface area contributed by atoms with Gasteiger partial charge in [-0.3, -0.25) is 14.8 Å². The van der Waals surface area contributed by atoms with Crippen LogP contribution >= 0.6 is 0 Å². The van der Waals surface area contributed by atoms with Crippen LogP contribution in [0.3, 0.4) is 0 Å². The topological polar surface area (TPSA) is 70.6 Å². The van der Waals surface area contributed by atoms with Crippen LogP contribution in [-0.4, -0.2) is 95.6 Å². The molecule has 1 aromatic carbocycles. The van der Waals surface area contributed by atoms with Crippen molar-refractivity contribution in [3.05, 3.63) is 23.8 Å². The normalized spacial score (nSPS) is 17.3. The molecule has 0 amide bonds. The molecule has 1 fully saturated rings. The number of guanidine groups is 1. The fourth-order valence-electron chi connectivity index (χ4n) is 4.04. The van der Waals surface area contributed by atoms with Gasteiger partial charge in [0.2, 0.25) is 0 Å². The van der Waals surface area contributed by atoms with E-state index in [0.29, 0.717) is 6.04 Å². The Morgan fingerprint density at radius 2 is 1.74 bits per heavy atom. The Kier molecular flexibility index (Phi) is 10.9. The molecule has 2 unspecified atom stereocenters. The van der Waals surface area contributed by atoms with Crippen molar-refractivity contribution in [3.8, 4) is 11.5 Å². The molecule has 1 heterocycles. The first-order chi connectivity index (χ1) is 15.1. The van der Waals surface area contributed by atoms with Crippen LogP contribution in [0.15, 0.2) is 23.2 Å². The van der Waals surface area contributed by atoms with Crippen LogP contribution in [0.1, 0.15) is 32.4 Å². The lowest BCUT2D eigenvalue weighted by Crippen LogP contribution is -2.49. The zero-order valence-electron chi connectivity index (χ0n) is 20.1. The van der Waals surface area contributed by atoms with E-state index in [1.54, 1.807) is 14.2 Å². The Morgan fingerprint density at radius 3 is 2.32 bits per heavy atom. The maximum atomic E-state index is 5.57. The van der Waals surface area contributed by atoms with E-state index < -0.39 is 0 Å². The molecule has 2 N–H and O–H groups in total. The number of hydrogen-bond acceptors (Lipinski definition) is 6. The third-order valence-electron chi connectivity index (χ3n) is 5.97. The summed E-state index contributed by atoms with van der Waals surface area (Å²) in [6.45, 7) is 13.6. The van der Waals surface area contributed by atoms with Crippen LogP contribution in [0.5, 0.6) is 11.5 Å². The first-order valence-corrected chi connectivity index (χ1v) is 11.3. The van der Waals surface area contributed by atoms with Gasteiger partial charge in [-0.1, -0.05) is 19.9 Å². The SMILES string of the molecule is CCN(CC)C(C)CNC(=NC)NCC(c1ccc(OC)c(OC)c1)N1CCOCC1. The second-order valence-electron chi connectivity index (χ2n) is 7.68. The highest BCUT2D eigenvalue weighted by Crippen LogP contribution is 2.32. The number of ether oxygens (including phenoxy) is 3. The van der Waals surface area contributed by atoms with Crippen molar-refractivity contribution in [2.45, 2.75) is 32.9 Å². The van der Waals surface area contributed by atoms with Crippen LogP contribution in [-0.2, 0) is 4.74 Å². The van der Waals surface area contributed by atoms with E-state index in [0.717, 1.165) is 69.9 Å². The van der Waals surface area contributed by atoms with Crippen LogP contribution in [0.2, 0.25) is 0 Å². The van der Waals surface area contributed by atoms with Gasteiger partial charge in [-0.15, -0.1) is 0 Å². The number of aliphatic imine (C=N–C) groups is 1. The third-order valence-corrected chi connectivity index (χ3v) is 5.97. The number of likely N-dealkylation sites (N-methyl/N-ethyl adjacent to an activating group) is 1. The van der Waals surface area contributed by atoms with E-state index in [-0.39, 0.29) is 6.04 Å². The van der Waals surface area contributed by atoms with Gasteiger partial charge < -0.3 is 24.8 Å². The van der Waals surface area contributed by atoms with Crippen LogP contribution < -0.4 is 20.1 Å². The van der Waals surface area contributed by atoms with Crippen molar-refractivity contribution < 1.29 is 14.2 Å². The van der Waals surface area contributed by atoms with Crippen molar-refractivity contribution in [1.82, 2.24) is 20.4 Å². The van der Waals surface area contributed by atoms with Crippen molar-refractivity contribution >= 4 is 5.96 Å². The van der Waals surface area contributed by atoms with Gasteiger partial charge in [-0.05, 0) is 37.7 Å². The molecule has 8 heteroatoms. The Balaban J connectivity index is 2.09. The molecular formula is C23H41N5O3. The lowest BCUT2D eigenvalue weighted by molar-refractivity contribution is 0.0169. The maximum absolute atomic E-state index is 5.57. The minimum absolute atomic E-state index is 0.169. The standard InChI is InChI=1S/C23H41N5O3/c1-7-27(8-2)18(3)16-25-23(24-4)26-17-20(28-11-13-31-14-12-28)19-9-10-21(29-5)22(15-19)30-6/h9-10,15,18,20H,7-8,11-14,16-17H2,1-6H3,(H2,24,25,26). The second-order valence-corrected chi connectivity index (χ2v) is 7.68. The van der Waals surface area contributed by atoms with Crippen LogP contribution in [0.4, 0.5) is 0 Å². The maximum Gasteiger partial charge on any atom is 0.191 e. The molecule has 8 nitrogen and oxygen atoms in total. The van der Waals surface area contributed by atoms with Gasteiger partial charge >= 0.3 is 0 Å². The Hall–Kier alpha value is -2.03. The van der Waals surface area contributed by atoms with Crippen molar-refractivity contribution in [2.75, 3.05) is 73.7 Å². The van der Waals surface area contributed by atoms with Crippen molar-refractivity contribution in [2.24, 2.45) is 4.99 Å². The predicted octanol–water partition coefficient (Wildman–Crippen LogP) is 1.97. The van der Waals surface area contributed by atoms with E-state index in [1.807, 2.05) is 13.1 Å². The van der Waals surface area contributed by atoms with Crippen LogP contribution in [0, 0.1) is 0 Å². The number of hydrogen-bond donors (Lipinski definition) is 2. The van der Waals surface area contributed by atoms with Gasteiger partial charge in [-0.25, -0.2) is 0 Å². The van der Waals surface area contributed by atoms with E-state index in [2.05, 4.69) is 58.3 Å². The number of methoxy groups -OCH3 is 2. The molecule has 0 radical (unpaired) electrons. The van der Waals surface area contributed by atoms with Gasteiger partial charge in [0.15, 0.2) is 17.5 Å². The summed E-state index contributed by atoms with van der Waals surface area (Å²) in [6, 6.07) is 6.76. The van der Waals surface area contributed by atoms with Gasteiger partial charge in [-0.2, -0.15) is 0 Å². The zero-order chi connectivity index (χ0) is 22.6. The minimum Gasteiger partial charge on any atom is -0.493 e. The number of nitrogens with zero attached hydrogens (tertiary/aromatic N) is 3. The molecule has 2 rings (SSSR count). The number of morpholine rings is 1. The summed E-state index contributed by atoms with van der Waals surface area (Å²) in [5.41, 5.74) is 1.18. The highest BCUT2D eigenvalue weighted by atomic mass is 16.5. The second kappa shape index (κ2) is 13.4. The lowest BCUT2D eigenvalue weighted by Gasteiger charge is -2.35. The molecule has 0 spiro atoms. The highest BCUT2D eigenvalue weighted by Gasteiger charge is 2.24. The van der Waals surface area contributed by atoms with E-state index in [9.17, 15) is 0 Å². The van der Waals surface area contributed by atoms with Gasteiger partial charge in [0.1, 0.15) is 0 Å². The number of benzene rings is 1. The first-order valence-electron chi connectivity index (χ1n) is 11.3. The van der Waals surface area contributed by atoms with Gasteiger partial charge in [0.25, 0.3) is 0 Å². The Bertz CT molecular complexity index is 675.